The van der Waals surface area contributed by atoms with Crippen molar-refractivity contribution in [3.8, 4) is 17.2 Å². The maximum absolute atomic E-state index is 13.8. The van der Waals surface area contributed by atoms with E-state index in [-0.39, 0.29) is 43.9 Å². The Morgan fingerprint density at radius 3 is 2.37 bits per heavy atom. The minimum absolute atomic E-state index is 0.0596. The number of nitrogens with zero attached hydrogens (tertiary/aromatic N) is 2. The standard InChI is InChI=1S/C24H18Cl2N2O7/c1-10-7-16(27-35-10)28-18(12-5-6-15(31-2)22(33-4)21(12)32-3)17-19(29)13-8-11(25)9-14(26)20(13)34-23(17)24(28)30/h5-9,18H,1-4H3/t18-/m0/s1. The maximum atomic E-state index is 13.8. The fourth-order valence-corrected chi connectivity index (χ4v) is 4.87. The molecule has 180 valence electrons. The molecule has 1 atom stereocenters. The number of rotatable bonds is 5. The molecule has 0 N–H and O–H groups in total. The molecule has 0 spiro atoms. The number of carbonyl (C=O) groups is 1. The number of hydrogen-bond acceptors (Lipinski definition) is 8. The SMILES string of the molecule is COc1ccc([C@H]2c3c(oc4c(Cl)cc(Cl)cc4c3=O)C(=O)N2c2cc(C)on2)c(OC)c1OC. The van der Waals surface area contributed by atoms with Gasteiger partial charge in [0.1, 0.15) is 11.8 Å². The zero-order valence-corrected chi connectivity index (χ0v) is 20.5. The van der Waals surface area contributed by atoms with Crippen LogP contribution in [-0.4, -0.2) is 32.4 Å². The van der Waals surface area contributed by atoms with E-state index in [4.69, 9.17) is 46.4 Å². The maximum Gasteiger partial charge on any atom is 0.296 e. The summed E-state index contributed by atoms with van der Waals surface area (Å²) in [5, 5.41) is 4.51. The molecule has 9 nitrogen and oxygen atoms in total. The lowest BCUT2D eigenvalue weighted by Gasteiger charge is -2.25. The van der Waals surface area contributed by atoms with Crippen molar-refractivity contribution < 1.29 is 27.9 Å². The first-order chi connectivity index (χ1) is 16.8. The number of amides is 1. The summed E-state index contributed by atoms with van der Waals surface area (Å²) in [4.78, 5) is 28.8. The molecule has 2 aromatic heterocycles. The van der Waals surface area contributed by atoms with Gasteiger partial charge in [-0.3, -0.25) is 14.5 Å². The van der Waals surface area contributed by atoms with Crippen molar-refractivity contribution in [1.82, 2.24) is 5.16 Å². The molecular formula is C24H18Cl2N2O7. The average molecular weight is 517 g/mol. The van der Waals surface area contributed by atoms with Crippen LogP contribution in [0.2, 0.25) is 10.0 Å². The van der Waals surface area contributed by atoms with E-state index >= 15 is 0 Å². The minimum Gasteiger partial charge on any atom is -0.493 e. The fourth-order valence-electron chi connectivity index (χ4n) is 4.34. The van der Waals surface area contributed by atoms with Gasteiger partial charge in [0.25, 0.3) is 5.91 Å². The van der Waals surface area contributed by atoms with Crippen molar-refractivity contribution in [2.75, 3.05) is 26.2 Å². The third-order valence-corrected chi connectivity index (χ3v) is 6.28. The number of aryl methyl sites for hydroxylation is 1. The lowest BCUT2D eigenvalue weighted by molar-refractivity contribution is 0.0969. The Labute approximate surface area is 208 Å². The number of methoxy groups -OCH3 is 3. The van der Waals surface area contributed by atoms with E-state index in [1.165, 1.54) is 38.4 Å². The van der Waals surface area contributed by atoms with Crippen molar-refractivity contribution in [3.05, 3.63) is 73.2 Å². The Balaban J connectivity index is 1.88. The number of hydrogen-bond donors (Lipinski definition) is 0. The molecule has 3 heterocycles. The van der Waals surface area contributed by atoms with Gasteiger partial charge in [-0.1, -0.05) is 28.4 Å². The second-order valence-electron chi connectivity index (χ2n) is 7.74. The lowest BCUT2D eigenvalue weighted by atomic mass is 9.97. The van der Waals surface area contributed by atoms with Crippen molar-refractivity contribution >= 4 is 45.9 Å². The highest BCUT2D eigenvalue weighted by atomic mass is 35.5. The topological polar surface area (TPSA) is 104 Å². The van der Waals surface area contributed by atoms with Gasteiger partial charge >= 0.3 is 0 Å². The number of carbonyl (C=O) groups excluding carboxylic acids is 1. The Morgan fingerprint density at radius 2 is 1.74 bits per heavy atom. The van der Waals surface area contributed by atoms with Gasteiger partial charge in [-0.05, 0) is 31.2 Å². The number of halogens is 2. The molecule has 0 bridgehead atoms. The summed E-state index contributed by atoms with van der Waals surface area (Å²) >= 11 is 12.5. The second-order valence-corrected chi connectivity index (χ2v) is 8.58. The van der Waals surface area contributed by atoms with Crippen molar-refractivity contribution in [2.45, 2.75) is 13.0 Å². The van der Waals surface area contributed by atoms with Gasteiger partial charge in [0.2, 0.25) is 11.5 Å². The van der Waals surface area contributed by atoms with Gasteiger partial charge in [0.15, 0.2) is 28.3 Å². The van der Waals surface area contributed by atoms with Crippen LogP contribution in [0.5, 0.6) is 17.2 Å². The first-order valence-corrected chi connectivity index (χ1v) is 11.1. The summed E-state index contributed by atoms with van der Waals surface area (Å²) in [5.41, 5.74) is 0.109. The van der Waals surface area contributed by atoms with Crippen LogP contribution in [0.25, 0.3) is 11.0 Å². The van der Waals surface area contributed by atoms with Crippen molar-refractivity contribution in [1.29, 1.82) is 0 Å². The predicted octanol–water partition coefficient (Wildman–Crippen LogP) is 5.17. The molecule has 2 aromatic carbocycles. The average Bonchev–Trinajstić information content (AvgIpc) is 3.39. The molecule has 11 heteroatoms. The largest absolute Gasteiger partial charge is 0.493 e. The number of aromatic nitrogens is 1. The first kappa shape index (κ1) is 23.1. The molecule has 0 saturated heterocycles. The van der Waals surface area contributed by atoms with Crippen LogP contribution in [0.15, 0.2) is 44.1 Å². The van der Waals surface area contributed by atoms with Crippen LogP contribution in [0, 0.1) is 6.92 Å². The molecule has 1 aliphatic rings. The number of anilines is 1. The number of ether oxygens (including phenoxy) is 3. The van der Waals surface area contributed by atoms with Crippen LogP contribution in [0.4, 0.5) is 5.82 Å². The third-order valence-electron chi connectivity index (χ3n) is 5.78. The Kier molecular flexibility index (Phi) is 5.61. The Bertz CT molecular complexity index is 1560. The zero-order valence-electron chi connectivity index (χ0n) is 19.0. The van der Waals surface area contributed by atoms with E-state index in [9.17, 15) is 9.59 Å². The van der Waals surface area contributed by atoms with E-state index in [1.807, 2.05) is 0 Å². The molecular weight excluding hydrogens is 499 g/mol. The molecule has 0 radical (unpaired) electrons. The van der Waals surface area contributed by atoms with E-state index in [0.29, 0.717) is 22.8 Å². The molecule has 35 heavy (non-hydrogen) atoms. The lowest BCUT2D eigenvalue weighted by Crippen LogP contribution is -2.30. The monoisotopic (exact) mass is 516 g/mol. The highest BCUT2D eigenvalue weighted by Gasteiger charge is 2.46. The Hall–Kier alpha value is -3.69. The molecule has 0 aliphatic carbocycles. The molecule has 1 aliphatic heterocycles. The van der Waals surface area contributed by atoms with Crippen LogP contribution >= 0.6 is 23.2 Å². The minimum atomic E-state index is -0.991. The summed E-state index contributed by atoms with van der Waals surface area (Å²) in [6.45, 7) is 1.69. The summed E-state index contributed by atoms with van der Waals surface area (Å²) in [6.07, 6.45) is 0. The molecule has 0 saturated carbocycles. The summed E-state index contributed by atoms with van der Waals surface area (Å²) in [7, 11) is 4.40. The van der Waals surface area contributed by atoms with Gasteiger partial charge < -0.3 is 23.2 Å². The van der Waals surface area contributed by atoms with E-state index in [2.05, 4.69) is 5.16 Å². The summed E-state index contributed by atoms with van der Waals surface area (Å²) < 4.78 is 27.7. The molecule has 0 unspecified atom stereocenters. The van der Waals surface area contributed by atoms with E-state index in [0.717, 1.165) is 0 Å². The molecule has 4 aromatic rings. The van der Waals surface area contributed by atoms with E-state index < -0.39 is 17.4 Å². The second kappa shape index (κ2) is 8.51. The number of benzene rings is 2. The van der Waals surface area contributed by atoms with Gasteiger partial charge in [0.05, 0.1) is 37.3 Å². The normalized spacial score (nSPS) is 15.0. The smallest absolute Gasteiger partial charge is 0.296 e. The third kappa shape index (κ3) is 3.42. The Morgan fingerprint density at radius 1 is 1.00 bits per heavy atom. The highest BCUT2D eigenvalue weighted by molar-refractivity contribution is 6.38. The number of fused-ring (bicyclic) bond motifs is 2. The highest BCUT2D eigenvalue weighted by Crippen LogP contribution is 2.49. The van der Waals surface area contributed by atoms with Crippen molar-refractivity contribution in [2.24, 2.45) is 0 Å². The van der Waals surface area contributed by atoms with Gasteiger partial charge in [-0.2, -0.15) is 0 Å². The van der Waals surface area contributed by atoms with Gasteiger partial charge in [0, 0.05) is 16.7 Å². The van der Waals surface area contributed by atoms with Gasteiger partial charge in [-0.15, -0.1) is 0 Å². The quantitative estimate of drug-likeness (QED) is 0.357. The zero-order chi connectivity index (χ0) is 25.0. The van der Waals surface area contributed by atoms with Crippen LogP contribution in [-0.2, 0) is 0 Å². The van der Waals surface area contributed by atoms with Crippen LogP contribution < -0.4 is 24.5 Å². The molecule has 1 amide bonds. The van der Waals surface area contributed by atoms with Crippen molar-refractivity contribution in [3.63, 3.8) is 0 Å². The van der Waals surface area contributed by atoms with E-state index in [1.54, 1.807) is 25.1 Å². The summed E-state index contributed by atoms with van der Waals surface area (Å²) in [5.74, 6) is 0.863. The molecule has 5 rings (SSSR count). The van der Waals surface area contributed by atoms with Crippen LogP contribution in [0.1, 0.15) is 33.5 Å². The predicted molar refractivity (Wildman–Crippen MR) is 128 cm³/mol. The first-order valence-electron chi connectivity index (χ1n) is 10.3. The van der Waals surface area contributed by atoms with Gasteiger partial charge in [-0.25, -0.2) is 0 Å². The van der Waals surface area contributed by atoms with Crippen LogP contribution in [0.3, 0.4) is 0 Å². The summed E-state index contributed by atoms with van der Waals surface area (Å²) in [6, 6.07) is 6.82. The fraction of sp³-hybridized carbons (Fsp3) is 0.208. The molecule has 0 fully saturated rings.